The van der Waals surface area contributed by atoms with E-state index in [1.807, 2.05) is 0 Å². The molecule has 0 amide bonds. The quantitative estimate of drug-likeness (QED) is 0.851. The maximum atomic E-state index is 12.7. The number of halogens is 1. The molecule has 0 saturated carbocycles. The third-order valence-electron chi connectivity index (χ3n) is 2.31. The van der Waals surface area contributed by atoms with Crippen LogP contribution in [0.4, 0.5) is 4.39 Å². The Morgan fingerprint density at radius 2 is 2.12 bits per heavy atom. The summed E-state index contributed by atoms with van der Waals surface area (Å²) in [7, 11) is 0. The Labute approximate surface area is 99.3 Å². The van der Waals surface area contributed by atoms with Crippen LogP contribution in [0.3, 0.4) is 0 Å². The van der Waals surface area contributed by atoms with Crippen molar-refractivity contribution in [2.75, 3.05) is 0 Å². The zero-order valence-corrected chi connectivity index (χ0v) is 9.87. The minimum absolute atomic E-state index is 0.338. The summed E-state index contributed by atoms with van der Waals surface area (Å²) in [6.45, 7) is 4.83. The van der Waals surface area contributed by atoms with Crippen molar-refractivity contribution in [2.45, 2.75) is 26.4 Å². The average molecular weight is 234 g/mol. The standard InChI is InChI=1S/C12H15FN4/c1-8(2)14-7-12-16-6-11(17-12)10-4-3-9(13)5-15-10/h3-6,8,14H,7H2,1-2H3,(H,16,17). The molecule has 0 bridgehead atoms. The van der Waals surface area contributed by atoms with Gasteiger partial charge in [-0.2, -0.15) is 0 Å². The first-order valence-electron chi connectivity index (χ1n) is 5.54. The molecular weight excluding hydrogens is 219 g/mol. The highest BCUT2D eigenvalue weighted by molar-refractivity contribution is 5.52. The van der Waals surface area contributed by atoms with Gasteiger partial charge in [-0.05, 0) is 12.1 Å². The molecule has 2 heterocycles. The van der Waals surface area contributed by atoms with Crippen molar-refractivity contribution >= 4 is 0 Å². The summed E-state index contributed by atoms with van der Waals surface area (Å²) in [5.74, 6) is 0.509. The Morgan fingerprint density at radius 1 is 1.29 bits per heavy atom. The van der Waals surface area contributed by atoms with Gasteiger partial charge in [-0.3, -0.25) is 4.98 Å². The van der Waals surface area contributed by atoms with Crippen LogP contribution in [0.2, 0.25) is 0 Å². The summed E-state index contributed by atoms with van der Waals surface area (Å²) in [5, 5.41) is 3.26. The number of pyridine rings is 1. The number of aromatic amines is 1. The molecule has 0 saturated heterocycles. The van der Waals surface area contributed by atoms with E-state index >= 15 is 0 Å². The third kappa shape index (κ3) is 3.10. The van der Waals surface area contributed by atoms with Crippen molar-refractivity contribution in [1.29, 1.82) is 0 Å². The number of nitrogens with one attached hydrogen (secondary N) is 2. The first kappa shape index (κ1) is 11.7. The molecule has 4 nitrogen and oxygen atoms in total. The number of imidazole rings is 1. The predicted octanol–water partition coefficient (Wildman–Crippen LogP) is 2.11. The number of rotatable bonds is 4. The number of aromatic nitrogens is 3. The van der Waals surface area contributed by atoms with Gasteiger partial charge in [0.15, 0.2) is 0 Å². The fourth-order valence-electron chi connectivity index (χ4n) is 1.42. The molecule has 0 unspecified atom stereocenters. The molecule has 0 fully saturated rings. The predicted molar refractivity (Wildman–Crippen MR) is 63.8 cm³/mol. The van der Waals surface area contributed by atoms with Gasteiger partial charge < -0.3 is 10.3 Å². The van der Waals surface area contributed by atoms with Gasteiger partial charge in [0, 0.05) is 6.04 Å². The highest BCUT2D eigenvalue weighted by Gasteiger charge is 2.04. The molecule has 2 rings (SSSR count). The molecular formula is C12H15FN4. The van der Waals surface area contributed by atoms with E-state index in [0.717, 1.165) is 11.5 Å². The average Bonchev–Trinajstić information content (AvgIpc) is 2.76. The molecule has 2 aromatic heterocycles. The van der Waals surface area contributed by atoms with Crippen LogP contribution in [0.25, 0.3) is 11.4 Å². The van der Waals surface area contributed by atoms with Crippen molar-refractivity contribution in [3.63, 3.8) is 0 Å². The van der Waals surface area contributed by atoms with Crippen molar-refractivity contribution < 1.29 is 4.39 Å². The van der Waals surface area contributed by atoms with Crippen LogP contribution in [0.5, 0.6) is 0 Å². The topological polar surface area (TPSA) is 53.6 Å². The van der Waals surface area contributed by atoms with E-state index in [1.165, 1.54) is 12.3 Å². The van der Waals surface area contributed by atoms with Gasteiger partial charge in [-0.15, -0.1) is 0 Å². The minimum Gasteiger partial charge on any atom is -0.340 e. The second kappa shape index (κ2) is 5.05. The van der Waals surface area contributed by atoms with E-state index in [4.69, 9.17) is 0 Å². The van der Waals surface area contributed by atoms with Crippen molar-refractivity contribution in [2.24, 2.45) is 0 Å². The molecule has 0 aromatic carbocycles. The number of H-pyrrole nitrogens is 1. The van der Waals surface area contributed by atoms with Gasteiger partial charge in [-0.25, -0.2) is 9.37 Å². The Balaban J connectivity index is 2.10. The van der Waals surface area contributed by atoms with Gasteiger partial charge in [-0.1, -0.05) is 13.8 Å². The molecule has 0 spiro atoms. The van der Waals surface area contributed by atoms with Gasteiger partial charge in [0.05, 0.1) is 30.3 Å². The van der Waals surface area contributed by atoms with Crippen LogP contribution in [-0.4, -0.2) is 21.0 Å². The lowest BCUT2D eigenvalue weighted by atomic mass is 10.3. The van der Waals surface area contributed by atoms with Crippen LogP contribution in [0, 0.1) is 5.82 Å². The lowest BCUT2D eigenvalue weighted by molar-refractivity contribution is 0.575. The Kier molecular flexibility index (Phi) is 3.49. The van der Waals surface area contributed by atoms with E-state index in [9.17, 15) is 4.39 Å². The molecule has 2 aromatic rings. The monoisotopic (exact) mass is 234 g/mol. The summed E-state index contributed by atoms with van der Waals surface area (Å²) >= 11 is 0. The van der Waals surface area contributed by atoms with Crippen LogP contribution < -0.4 is 5.32 Å². The molecule has 0 aliphatic carbocycles. The zero-order valence-electron chi connectivity index (χ0n) is 9.87. The summed E-state index contributed by atoms with van der Waals surface area (Å²) in [6, 6.07) is 3.42. The number of hydrogen-bond acceptors (Lipinski definition) is 3. The second-order valence-electron chi connectivity index (χ2n) is 4.14. The van der Waals surface area contributed by atoms with E-state index in [0.29, 0.717) is 18.3 Å². The SMILES string of the molecule is CC(C)NCc1ncc(-c2ccc(F)cn2)[nH]1. The lowest BCUT2D eigenvalue weighted by Gasteiger charge is -2.04. The van der Waals surface area contributed by atoms with Crippen molar-refractivity contribution in [3.05, 3.63) is 36.2 Å². The summed E-state index contributed by atoms with van der Waals surface area (Å²) in [6.07, 6.45) is 2.90. The maximum Gasteiger partial charge on any atom is 0.141 e. The Hall–Kier alpha value is -1.75. The highest BCUT2D eigenvalue weighted by Crippen LogP contribution is 2.14. The second-order valence-corrected chi connectivity index (χ2v) is 4.14. The fraction of sp³-hybridized carbons (Fsp3) is 0.333. The molecule has 17 heavy (non-hydrogen) atoms. The number of nitrogens with zero attached hydrogens (tertiary/aromatic N) is 2. The van der Waals surface area contributed by atoms with Crippen LogP contribution in [0.1, 0.15) is 19.7 Å². The maximum absolute atomic E-state index is 12.7. The van der Waals surface area contributed by atoms with Crippen molar-refractivity contribution in [3.8, 4) is 11.4 Å². The first-order valence-corrected chi connectivity index (χ1v) is 5.54. The summed E-state index contributed by atoms with van der Waals surface area (Å²) in [5.41, 5.74) is 1.49. The molecule has 2 N–H and O–H groups in total. The fourth-order valence-corrected chi connectivity index (χ4v) is 1.42. The molecule has 90 valence electrons. The van der Waals surface area contributed by atoms with Gasteiger partial charge in [0.2, 0.25) is 0 Å². The Bertz CT molecular complexity index is 476. The summed E-state index contributed by atoms with van der Waals surface area (Å²) < 4.78 is 12.7. The van der Waals surface area contributed by atoms with E-state index < -0.39 is 0 Å². The van der Waals surface area contributed by atoms with Gasteiger partial charge in [0.1, 0.15) is 11.6 Å². The summed E-state index contributed by atoms with van der Waals surface area (Å²) in [4.78, 5) is 11.4. The third-order valence-corrected chi connectivity index (χ3v) is 2.31. The normalized spacial score (nSPS) is 11.1. The van der Waals surface area contributed by atoms with E-state index in [-0.39, 0.29) is 5.82 Å². The highest BCUT2D eigenvalue weighted by atomic mass is 19.1. The smallest absolute Gasteiger partial charge is 0.141 e. The minimum atomic E-state index is -0.338. The first-order chi connectivity index (χ1) is 8.15. The van der Waals surface area contributed by atoms with Crippen LogP contribution in [-0.2, 0) is 6.54 Å². The van der Waals surface area contributed by atoms with Crippen molar-refractivity contribution in [1.82, 2.24) is 20.3 Å². The molecule has 5 heteroatoms. The van der Waals surface area contributed by atoms with E-state index in [2.05, 4.69) is 34.1 Å². The van der Waals surface area contributed by atoms with E-state index in [1.54, 1.807) is 12.3 Å². The van der Waals surface area contributed by atoms with Crippen LogP contribution >= 0.6 is 0 Å². The molecule has 0 aliphatic heterocycles. The molecule has 0 aliphatic rings. The van der Waals surface area contributed by atoms with Gasteiger partial charge >= 0.3 is 0 Å². The molecule has 0 atom stereocenters. The van der Waals surface area contributed by atoms with Gasteiger partial charge in [0.25, 0.3) is 0 Å². The number of hydrogen-bond donors (Lipinski definition) is 2. The largest absolute Gasteiger partial charge is 0.340 e. The zero-order chi connectivity index (χ0) is 12.3. The lowest BCUT2D eigenvalue weighted by Crippen LogP contribution is -2.22. The molecule has 0 radical (unpaired) electrons. The Morgan fingerprint density at radius 3 is 2.76 bits per heavy atom. The van der Waals surface area contributed by atoms with Crippen LogP contribution in [0.15, 0.2) is 24.5 Å².